The van der Waals surface area contributed by atoms with E-state index in [9.17, 15) is 9.18 Å². The Morgan fingerprint density at radius 2 is 2.14 bits per heavy atom. The van der Waals surface area contributed by atoms with Gasteiger partial charge < -0.3 is 0 Å². The molecule has 21 heavy (non-hydrogen) atoms. The van der Waals surface area contributed by atoms with Crippen LogP contribution in [0.15, 0.2) is 6.07 Å². The first-order chi connectivity index (χ1) is 10.0. The number of hydrogen-bond acceptors (Lipinski definition) is 2. The summed E-state index contributed by atoms with van der Waals surface area (Å²) in [6, 6.07) is 1.23. The molecular weight excluding hydrogens is 384 g/mol. The number of rotatable bonds is 2. The van der Waals surface area contributed by atoms with Crippen LogP contribution in [0.5, 0.6) is 0 Å². The van der Waals surface area contributed by atoms with E-state index in [0.29, 0.717) is 15.0 Å². The average molecular weight is 402 g/mol. The molecule has 1 aliphatic carbocycles. The third kappa shape index (κ3) is 2.44. The molecule has 0 spiro atoms. The number of carbonyl (C=O) groups excluding carboxylic acids is 1. The topological polar surface area (TPSA) is 84.9 Å². The molecule has 6 heteroatoms. The summed E-state index contributed by atoms with van der Waals surface area (Å²) in [6.07, 6.45) is 3.99. The van der Waals surface area contributed by atoms with Crippen LogP contribution >= 0.6 is 0 Å². The van der Waals surface area contributed by atoms with Crippen molar-refractivity contribution < 1.29 is 30.7 Å². The van der Waals surface area contributed by atoms with E-state index in [4.69, 9.17) is 9.68 Å². The number of fused-ring (bicyclic) bond motifs is 3. The van der Waals surface area contributed by atoms with E-state index < -0.39 is 33.2 Å². The Morgan fingerprint density at radius 3 is 2.81 bits per heavy atom. The molecule has 1 amide bonds. The molecule has 0 fully saturated rings. The van der Waals surface area contributed by atoms with E-state index in [2.05, 4.69) is 11.9 Å². The zero-order valence-corrected chi connectivity index (χ0v) is 14.0. The molecule has 1 aliphatic rings. The second-order valence-electron chi connectivity index (χ2n) is 5.71. The van der Waals surface area contributed by atoms with Crippen LogP contribution in [0, 0.1) is 15.3 Å². The Bertz CT molecular complexity index is 726. The average Bonchev–Trinajstić information content (AvgIpc) is 2.70. The molecule has 0 bridgehead atoms. The normalized spacial score (nSPS) is 18.7. The van der Waals surface area contributed by atoms with Crippen molar-refractivity contribution in [2.75, 3.05) is 0 Å². The summed E-state index contributed by atoms with van der Waals surface area (Å²) in [5, 5.41) is 0.822. The zero-order valence-electron chi connectivity index (χ0n) is 11.8. The Balaban J connectivity index is 2.33. The first kappa shape index (κ1) is 14.8. The molecular formula is C15H18FIN3O-. The summed E-state index contributed by atoms with van der Waals surface area (Å²) in [5.41, 5.74) is 8.55. The summed E-state index contributed by atoms with van der Waals surface area (Å²) in [5.74, 6) is -0.350. The Kier molecular flexibility index (Phi) is 3.92. The third-order valence-electron chi connectivity index (χ3n) is 4.31. The second kappa shape index (κ2) is 5.57. The number of benzene rings is 1. The van der Waals surface area contributed by atoms with E-state index in [1.807, 2.05) is 0 Å². The van der Waals surface area contributed by atoms with E-state index in [1.165, 1.54) is 6.07 Å². The van der Waals surface area contributed by atoms with Gasteiger partial charge in [-0.25, -0.2) is 0 Å². The maximum atomic E-state index is 14.3. The molecule has 1 aromatic heterocycles. The van der Waals surface area contributed by atoms with Crippen LogP contribution in [0.4, 0.5) is 4.39 Å². The predicted molar refractivity (Wildman–Crippen MR) is 75.5 cm³/mol. The fourth-order valence-electron chi connectivity index (χ4n) is 3.13. The van der Waals surface area contributed by atoms with E-state index >= 15 is 0 Å². The predicted octanol–water partition coefficient (Wildman–Crippen LogP) is -0.947. The minimum atomic E-state index is -0.905. The summed E-state index contributed by atoms with van der Waals surface area (Å²) < 4.78 is 20.7. The molecule has 1 atom stereocenters. The van der Waals surface area contributed by atoms with E-state index in [1.54, 1.807) is 0 Å². The number of hydrogen-bond donors (Lipinski definition) is 3. The number of aryl methyl sites for hydroxylation is 2. The Labute approximate surface area is 133 Å². The zero-order chi connectivity index (χ0) is 15.1. The van der Waals surface area contributed by atoms with Crippen LogP contribution in [0.1, 0.15) is 41.4 Å². The van der Waals surface area contributed by atoms with Crippen LogP contribution in [0.3, 0.4) is 0 Å². The van der Waals surface area contributed by atoms with Crippen molar-refractivity contribution in [1.29, 1.82) is 0 Å². The van der Waals surface area contributed by atoms with Crippen molar-refractivity contribution >= 4 is 16.8 Å². The fourth-order valence-corrected chi connectivity index (χ4v) is 4.49. The molecule has 2 aromatic rings. The molecule has 5 N–H and O–H groups in total. The van der Waals surface area contributed by atoms with Crippen molar-refractivity contribution in [1.82, 2.24) is 4.98 Å². The van der Waals surface area contributed by atoms with Crippen LogP contribution in [0.2, 0.25) is 0 Å². The van der Waals surface area contributed by atoms with Crippen molar-refractivity contribution in [2.45, 2.75) is 32.6 Å². The van der Waals surface area contributed by atoms with Gasteiger partial charge in [-0.1, -0.05) is 0 Å². The maximum absolute atomic E-state index is 14.3. The molecule has 0 saturated carbocycles. The SMILES string of the molecule is C[C@H]1CCc2[nH]c3c(C(N)=O)cc(F)c([I-]N)c3c2CC1. The fraction of sp³-hybridized carbons (Fsp3) is 0.400. The molecule has 4 nitrogen and oxygen atoms in total. The number of nitrogens with one attached hydrogen (secondary N) is 1. The van der Waals surface area contributed by atoms with E-state index in [-0.39, 0.29) is 5.56 Å². The summed E-state index contributed by atoms with van der Waals surface area (Å²) >= 11 is -0.905. The van der Waals surface area contributed by atoms with Gasteiger partial charge in [0.05, 0.1) is 0 Å². The number of H-pyrrole nitrogens is 1. The quantitative estimate of drug-likeness (QED) is 0.344. The van der Waals surface area contributed by atoms with Crippen LogP contribution < -0.4 is 31.2 Å². The number of nitrogens with two attached hydrogens (primary N) is 2. The van der Waals surface area contributed by atoms with Gasteiger partial charge in [0.15, 0.2) is 0 Å². The van der Waals surface area contributed by atoms with Gasteiger partial charge >= 0.3 is 133 Å². The van der Waals surface area contributed by atoms with Gasteiger partial charge in [0.2, 0.25) is 0 Å². The molecule has 0 aliphatic heterocycles. The minimum absolute atomic E-state index is 0.227. The summed E-state index contributed by atoms with van der Waals surface area (Å²) in [7, 11) is 0. The summed E-state index contributed by atoms with van der Waals surface area (Å²) in [4.78, 5) is 14.9. The van der Waals surface area contributed by atoms with Crippen LogP contribution in [-0.4, -0.2) is 10.9 Å². The number of aromatic nitrogens is 1. The van der Waals surface area contributed by atoms with Gasteiger partial charge in [-0.15, -0.1) is 0 Å². The second-order valence-corrected chi connectivity index (χ2v) is 7.41. The Morgan fingerprint density at radius 1 is 1.43 bits per heavy atom. The number of primary amides is 1. The third-order valence-corrected chi connectivity index (χ3v) is 5.99. The number of halogens is 2. The van der Waals surface area contributed by atoms with E-state index in [0.717, 1.165) is 42.3 Å². The van der Waals surface area contributed by atoms with Gasteiger partial charge in [-0.05, 0) is 0 Å². The van der Waals surface area contributed by atoms with Crippen molar-refractivity contribution in [3.8, 4) is 0 Å². The monoisotopic (exact) mass is 402 g/mol. The molecule has 3 rings (SSSR count). The molecule has 1 aromatic carbocycles. The number of aromatic amines is 1. The van der Waals surface area contributed by atoms with Crippen molar-refractivity contribution in [3.63, 3.8) is 0 Å². The standard InChI is InChI=1S/C15H18FIN3O/c1-7-2-4-8-11(5-3-7)20-14-9(15(18)21)6-10(16)13(17-19)12(8)14/h6-7,20H,2-5,19H2,1H3,(H2,18,21)/q-1/t7-/m1/s1. The molecule has 114 valence electrons. The van der Waals surface area contributed by atoms with Crippen molar-refractivity contribution in [3.05, 3.63) is 32.3 Å². The van der Waals surface area contributed by atoms with Crippen LogP contribution in [-0.2, 0) is 12.8 Å². The Hall–Kier alpha value is -1.15. The number of amides is 1. The molecule has 0 radical (unpaired) electrons. The van der Waals surface area contributed by atoms with Gasteiger partial charge in [0.1, 0.15) is 0 Å². The summed E-state index contributed by atoms with van der Waals surface area (Å²) in [6.45, 7) is 2.24. The van der Waals surface area contributed by atoms with Gasteiger partial charge in [0.25, 0.3) is 0 Å². The molecule has 1 heterocycles. The first-order valence-corrected chi connectivity index (χ1v) is 9.34. The van der Waals surface area contributed by atoms with Crippen molar-refractivity contribution in [2.24, 2.45) is 15.6 Å². The number of carbonyl (C=O) groups is 1. The van der Waals surface area contributed by atoms with Gasteiger partial charge in [-0.2, -0.15) is 0 Å². The molecule has 0 unspecified atom stereocenters. The molecule has 0 saturated heterocycles. The van der Waals surface area contributed by atoms with Crippen LogP contribution in [0.25, 0.3) is 10.9 Å². The van der Waals surface area contributed by atoms with Gasteiger partial charge in [-0.3, -0.25) is 0 Å². The first-order valence-electron chi connectivity index (χ1n) is 7.02. The van der Waals surface area contributed by atoms with Gasteiger partial charge in [0, 0.05) is 0 Å².